The van der Waals surface area contributed by atoms with E-state index in [9.17, 15) is 8.42 Å². The molecule has 2 atom stereocenters. The Bertz CT molecular complexity index is 522. The van der Waals surface area contributed by atoms with Crippen LogP contribution in [0.4, 0.5) is 0 Å². The third-order valence-electron chi connectivity index (χ3n) is 3.64. The average molecular weight is 384 g/mol. The summed E-state index contributed by atoms with van der Waals surface area (Å²) in [5.74, 6) is 0.249. The zero-order chi connectivity index (χ0) is 13.9. The minimum atomic E-state index is -3.45. The van der Waals surface area contributed by atoms with Gasteiger partial charge < -0.3 is 5.73 Å². The molecule has 2 unspecified atom stereocenters. The van der Waals surface area contributed by atoms with Crippen molar-refractivity contribution >= 4 is 38.4 Å². The minimum Gasteiger partial charge on any atom is -0.330 e. The van der Waals surface area contributed by atoms with Crippen LogP contribution in [0.3, 0.4) is 0 Å². The molecule has 1 aromatic carbocycles. The quantitative estimate of drug-likeness (QED) is 0.839. The van der Waals surface area contributed by atoms with Crippen molar-refractivity contribution in [2.24, 2.45) is 11.7 Å². The maximum Gasteiger partial charge on any atom is 0.240 e. The molecule has 2 rings (SSSR count). The number of rotatable bonds is 4. The van der Waals surface area contributed by atoms with Crippen molar-refractivity contribution in [2.45, 2.75) is 36.6 Å². The van der Waals surface area contributed by atoms with E-state index in [4.69, 9.17) is 5.73 Å². The van der Waals surface area contributed by atoms with Crippen molar-refractivity contribution in [3.63, 3.8) is 0 Å². The van der Waals surface area contributed by atoms with Crippen LogP contribution >= 0.6 is 28.3 Å². The minimum absolute atomic E-state index is 0. The molecule has 0 bridgehead atoms. The molecule has 0 spiro atoms. The van der Waals surface area contributed by atoms with Crippen LogP contribution in [-0.4, -0.2) is 21.0 Å². The number of halogens is 2. The Hall–Kier alpha value is -0.140. The largest absolute Gasteiger partial charge is 0.330 e. The van der Waals surface area contributed by atoms with Gasteiger partial charge in [-0.2, -0.15) is 0 Å². The zero-order valence-corrected chi connectivity index (χ0v) is 14.3. The van der Waals surface area contributed by atoms with Gasteiger partial charge in [0.25, 0.3) is 0 Å². The molecule has 20 heavy (non-hydrogen) atoms. The van der Waals surface area contributed by atoms with Gasteiger partial charge in [-0.25, -0.2) is 13.1 Å². The fourth-order valence-electron chi connectivity index (χ4n) is 2.53. The average Bonchev–Trinajstić information content (AvgIpc) is 2.39. The van der Waals surface area contributed by atoms with Gasteiger partial charge in [-0.1, -0.05) is 28.8 Å². The lowest BCUT2D eigenvalue weighted by Crippen LogP contribution is -2.44. The molecule has 0 amide bonds. The lowest BCUT2D eigenvalue weighted by Gasteiger charge is -2.31. The summed E-state index contributed by atoms with van der Waals surface area (Å²) in [6.45, 7) is 0.535. The van der Waals surface area contributed by atoms with Gasteiger partial charge in [0.1, 0.15) is 0 Å². The fourth-order valence-corrected chi connectivity index (χ4v) is 4.13. The van der Waals surface area contributed by atoms with Crippen molar-refractivity contribution in [3.05, 3.63) is 28.7 Å². The molecule has 7 heteroatoms. The van der Waals surface area contributed by atoms with Gasteiger partial charge in [0.15, 0.2) is 0 Å². The second-order valence-electron chi connectivity index (χ2n) is 4.96. The highest BCUT2D eigenvalue weighted by Gasteiger charge is 2.28. The van der Waals surface area contributed by atoms with Crippen molar-refractivity contribution in [2.75, 3.05) is 6.54 Å². The van der Waals surface area contributed by atoms with E-state index in [-0.39, 0.29) is 24.4 Å². The van der Waals surface area contributed by atoms with Gasteiger partial charge >= 0.3 is 0 Å². The molecular formula is C13H20BrClN2O2S. The van der Waals surface area contributed by atoms with E-state index >= 15 is 0 Å². The van der Waals surface area contributed by atoms with E-state index < -0.39 is 10.0 Å². The fraction of sp³-hybridized carbons (Fsp3) is 0.538. The number of nitrogens with two attached hydrogens (primary N) is 1. The summed E-state index contributed by atoms with van der Waals surface area (Å²) in [6, 6.07) is 6.64. The van der Waals surface area contributed by atoms with Gasteiger partial charge in [0, 0.05) is 10.5 Å². The van der Waals surface area contributed by atoms with Gasteiger partial charge in [0.05, 0.1) is 4.90 Å². The van der Waals surface area contributed by atoms with Crippen LogP contribution in [0.1, 0.15) is 25.7 Å². The predicted octanol–water partition coefficient (Wildman–Crippen LogP) is 2.67. The first-order valence-electron chi connectivity index (χ1n) is 6.51. The molecule has 0 heterocycles. The van der Waals surface area contributed by atoms with Crippen LogP contribution < -0.4 is 10.5 Å². The molecule has 1 fully saturated rings. The second kappa shape index (κ2) is 7.75. The zero-order valence-electron chi connectivity index (χ0n) is 11.1. The summed E-state index contributed by atoms with van der Waals surface area (Å²) in [4.78, 5) is 0.303. The van der Waals surface area contributed by atoms with Crippen LogP contribution in [0.15, 0.2) is 33.6 Å². The molecule has 4 nitrogen and oxygen atoms in total. The van der Waals surface area contributed by atoms with E-state index in [1.165, 1.54) is 0 Å². The SMILES string of the molecule is Cl.NCC1CCCCC1NS(=O)(=O)c1ccc(Br)cc1. The molecule has 1 aromatic rings. The van der Waals surface area contributed by atoms with Crippen LogP contribution in [0.25, 0.3) is 0 Å². The first-order valence-corrected chi connectivity index (χ1v) is 8.78. The Kier molecular flexibility index (Phi) is 6.94. The molecule has 0 saturated heterocycles. The van der Waals surface area contributed by atoms with Crippen molar-refractivity contribution in [1.82, 2.24) is 4.72 Å². The van der Waals surface area contributed by atoms with E-state index in [1.807, 2.05) is 0 Å². The third-order valence-corrected chi connectivity index (χ3v) is 5.68. The van der Waals surface area contributed by atoms with Crippen LogP contribution in [0.2, 0.25) is 0 Å². The summed E-state index contributed by atoms with van der Waals surface area (Å²) >= 11 is 3.30. The van der Waals surface area contributed by atoms with E-state index in [2.05, 4.69) is 20.7 Å². The van der Waals surface area contributed by atoms with Gasteiger partial charge in [-0.15, -0.1) is 12.4 Å². The normalized spacial score (nSPS) is 23.1. The lowest BCUT2D eigenvalue weighted by atomic mass is 9.85. The molecule has 1 aliphatic rings. The van der Waals surface area contributed by atoms with Crippen LogP contribution in [0, 0.1) is 5.92 Å². The topological polar surface area (TPSA) is 72.2 Å². The number of sulfonamides is 1. The Morgan fingerprint density at radius 1 is 1.20 bits per heavy atom. The van der Waals surface area contributed by atoms with Gasteiger partial charge in [-0.3, -0.25) is 0 Å². The maximum absolute atomic E-state index is 12.3. The Morgan fingerprint density at radius 3 is 2.40 bits per heavy atom. The van der Waals surface area contributed by atoms with E-state index in [1.54, 1.807) is 24.3 Å². The summed E-state index contributed by atoms with van der Waals surface area (Å²) in [7, 11) is -3.45. The number of nitrogens with one attached hydrogen (secondary N) is 1. The first kappa shape index (κ1) is 17.9. The summed E-state index contributed by atoms with van der Waals surface area (Å²) in [6.07, 6.45) is 4.07. The van der Waals surface area contributed by atoms with Crippen molar-refractivity contribution in [1.29, 1.82) is 0 Å². The van der Waals surface area contributed by atoms with E-state index in [0.717, 1.165) is 30.2 Å². The van der Waals surface area contributed by atoms with E-state index in [0.29, 0.717) is 11.4 Å². The lowest BCUT2D eigenvalue weighted by molar-refractivity contribution is 0.296. The molecule has 114 valence electrons. The second-order valence-corrected chi connectivity index (χ2v) is 7.59. The molecule has 0 aliphatic heterocycles. The van der Waals surface area contributed by atoms with Crippen LogP contribution in [-0.2, 0) is 10.0 Å². The third kappa shape index (κ3) is 4.43. The number of benzene rings is 1. The van der Waals surface area contributed by atoms with Crippen molar-refractivity contribution in [3.8, 4) is 0 Å². The number of hydrogen-bond acceptors (Lipinski definition) is 3. The highest BCUT2D eigenvalue weighted by Crippen LogP contribution is 2.25. The van der Waals surface area contributed by atoms with Crippen molar-refractivity contribution < 1.29 is 8.42 Å². The Balaban J connectivity index is 0.00000200. The molecular weight excluding hydrogens is 364 g/mol. The highest BCUT2D eigenvalue weighted by atomic mass is 79.9. The van der Waals surface area contributed by atoms with Gasteiger partial charge in [-0.05, 0) is 49.6 Å². The summed E-state index contributed by atoms with van der Waals surface area (Å²) in [5.41, 5.74) is 5.73. The predicted molar refractivity (Wildman–Crippen MR) is 86.5 cm³/mol. The summed E-state index contributed by atoms with van der Waals surface area (Å²) < 4.78 is 28.3. The highest BCUT2D eigenvalue weighted by molar-refractivity contribution is 9.10. The molecule has 0 aromatic heterocycles. The number of hydrogen-bond donors (Lipinski definition) is 2. The molecule has 1 saturated carbocycles. The summed E-state index contributed by atoms with van der Waals surface area (Å²) in [5, 5.41) is 0. The smallest absolute Gasteiger partial charge is 0.240 e. The molecule has 0 radical (unpaired) electrons. The monoisotopic (exact) mass is 382 g/mol. The Morgan fingerprint density at radius 2 is 1.80 bits per heavy atom. The Labute approximate surface area is 135 Å². The molecule has 3 N–H and O–H groups in total. The van der Waals surface area contributed by atoms with Gasteiger partial charge in [0.2, 0.25) is 10.0 Å². The first-order chi connectivity index (χ1) is 9.03. The standard InChI is InChI=1S/C13H19BrN2O2S.ClH/c14-11-5-7-12(8-6-11)19(17,18)16-13-4-2-1-3-10(13)9-15;/h5-8,10,13,16H,1-4,9,15H2;1H. The molecule has 1 aliphatic carbocycles. The maximum atomic E-state index is 12.3. The van der Waals surface area contributed by atoms with Crippen LogP contribution in [0.5, 0.6) is 0 Å².